The first-order valence-electron chi connectivity index (χ1n) is 8.39. The van der Waals surface area contributed by atoms with E-state index in [4.69, 9.17) is 27.7 Å². The molecule has 1 aromatic carbocycles. The van der Waals surface area contributed by atoms with Gasteiger partial charge in [0.05, 0.1) is 0 Å². The molecule has 0 unspecified atom stereocenters. The minimum Gasteiger partial charge on any atom is -0.322 e. The lowest BCUT2D eigenvalue weighted by molar-refractivity contribution is 0.355. The van der Waals surface area contributed by atoms with Gasteiger partial charge in [0, 0.05) is 54.2 Å². The molecule has 0 amide bonds. The van der Waals surface area contributed by atoms with Crippen LogP contribution in [0.4, 0.5) is 6.01 Å². The molecule has 0 bridgehead atoms. The van der Waals surface area contributed by atoms with Gasteiger partial charge in [-0.1, -0.05) is 28.4 Å². The second-order valence-corrected chi connectivity index (χ2v) is 8.95. The first-order valence-corrected chi connectivity index (χ1v) is 10.6. The monoisotopic (exact) mass is 439 g/mol. The van der Waals surface area contributed by atoms with Gasteiger partial charge in [0.15, 0.2) is 0 Å². The molecule has 4 rings (SSSR count). The lowest BCUT2D eigenvalue weighted by Crippen LogP contribution is -2.48. The van der Waals surface area contributed by atoms with E-state index in [1.165, 1.54) is 22.8 Å². The average molecular weight is 440 g/mol. The number of anilines is 1. The molecule has 3 heterocycles. The van der Waals surface area contributed by atoms with Crippen LogP contribution in [0.5, 0.6) is 0 Å². The zero-order valence-corrected chi connectivity index (χ0v) is 16.8. The van der Waals surface area contributed by atoms with Crippen LogP contribution in [0.3, 0.4) is 0 Å². The lowest BCUT2D eigenvalue weighted by atomic mass is 10.2. The number of pyridine rings is 1. The summed E-state index contributed by atoms with van der Waals surface area (Å²) in [6.45, 7) is 1.46. The number of nitrogens with zero attached hydrogens (tertiary/aromatic N) is 5. The Kier molecular flexibility index (Phi) is 5.24. The second-order valence-electron chi connectivity index (χ2n) is 6.14. The van der Waals surface area contributed by atoms with Crippen molar-refractivity contribution in [2.75, 3.05) is 31.1 Å². The molecule has 146 valence electrons. The Balaban J connectivity index is 1.47. The third-order valence-corrected chi connectivity index (χ3v) is 6.64. The van der Waals surface area contributed by atoms with Crippen molar-refractivity contribution in [2.24, 2.45) is 0 Å². The van der Waals surface area contributed by atoms with Crippen molar-refractivity contribution in [3.63, 3.8) is 0 Å². The molecule has 1 aliphatic rings. The minimum absolute atomic E-state index is 0.182. The standard InChI is InChI=1S/C17H15Cl2N5O3S/c18-13-8-12(9-14(19)10-13)16-21-17(27-22-16)23-4-6-24(7-5-23)28(25,26)15-2-1-3-20-11-15/h1-3,8-11H,4-7H2. The maximum absolute atomic E-state index is 12.7. The molecule has 3 aromatic rings. The Morgan fingerprint density at radius 3 is 2.39 bits per heavy atom. The van der Waals surface area contributed by atoms with Crippen LogP contribution in [0.1, 0.15) is 0 Å². The van der Waals surface area contributed by atoms with E-state index < -0.39 is 10.0 Å². The van der Waals surface area contributed by atoms with E-state index in [9.17, 15) is 8.42 Å². The fourth-order valence-corrected chi connectivity index (χ4v) is 4.83. The summed E-state index contributed by atoms with van der Waals surface area (Å²) in [4.78, 5) is 10.3. The maximum atomic E-state index is 12.7. The van der Waals surface area contributed by atoms with E-state index in [-0.39, 0.29) is 4.90 Å². The van der Waals surface area contributed by atoms with Gasteiger partial charge in [0.25, 0.3) is 0 Å². The molecule has 2 aromatic heterocycles. The Morgan fingerprint density at radius 1 is 1.04 bits per heavy atom. The molecule has 0 atom stereocenters. The first kappa shape index (κ1) is 19.1. The van der Waals surface area contributed by atoms with Crippen LogP contribution in [-0.2, 0) is 10.0 Å². The highest BCUT2D eigenvalue weighted by Gasteiger charge is 2.30. The molecule has 1 saturated heterocycles. The summed E-state index contributed by atoms with van der Waals surface area (Å²) in [5.41, 5.74) is 0.644. The summed E-state index contributed by atoms with van der Waals surface area (Å²) in [5, 5.41) is 4.92. The van der Waals surface area contributed by atoms with E-state index in [0.29, 0.717) is 53.6 Å². The number of rotatable bonds is 4. The van der Waals surface area contributed by atoms with Gasteiger partial charge in [-0.15, -0.1) is 0 Å². The molecule has 0 N–H and O–H groups in total. The van der Waals surface area contributed by atoms with Gasteiger partial charge in [-0.25, -0.2) is 8.42 Å². The van der Waals surface area contributed by atoms with Crippen molar-refractivity contribution in [2.45, 2.75) is 4.90 Å². The Morgan fingerprint density at radius 2 is 1.75 bits per heavy atom. The molecule has 1 aliphatic heterocycles. The molecule has 0 spiro atoms. The SMILES string of the molecule is O=S(=O)(c1cccnc1)N1CCN(c2nc(-c3cc(Cl)cc(Cl)c3)no2)CC1. The summed E-state index contributed by atoms with van der Waals surface area (Å²) in [5.74, 6) is 0.366. The number of hydrogen-bond acceptors (Lipinski definition) is 7. The van der Waals surface area contributed by atoms with Crippen LogP contribution in [0.15, 0.2) is 52.1 Å². The van der Waals surface area contributed by atoms with Crippen LogP contribution in [0.25, 0.3) is 11.4 Å². The summed E-state index contributed by atoms with van der Waals surface area (Å²) in [6, 6.07) is 8.47. The number of aromatic nitrogens is 3. The van der Waals surface area contributed by atoms with Gasteiger partial charge in [-0.3, -0.25) is 4.98 Å². The van der Waals surface area contributed by atoms with Crippen molar-refractivity contribution in [3.05, 3.63) is 52.8 Å². The van der Waals surface area contributed by atoms with Crippen molar-refractivity contribution in [3.8, 4) is 11.4 Å². The van der Waals surface area contributed by atoms with Gasteiger partial charge < -0.3 is 9.42 Å². The van der Waals surface area contributed by atoms with E-state index in [0.717, 1.165) is 0 Å². The normalized spacial score (nSPS) is 15.7. The van der Waals surface area contributed by atoms with E-state index in [1.54, 1.807) is 24.3 Å². The largest absolute Gasteiger partial charge is 0.324 e. The van der Waals surface area contributed by atoms with Crippen LogP contribution >= 0.6 is 23.2 Å². The first-order chi connectivity index (χ1) is 13.4. The molecule has 0 radical (unpaired) electrons. The third-order valence-electron chi connectivity index (χ3n) is 4.32. The molecular formula is C17H15Cl2N5O3S. The summed E-state index contributed by atoms with van der Waals surface area (Å²) in [7, 11) is -3.57. The van der Waals surface area contributed by atoms with Crippen molar-refractivity contribution >= 4 is 39.2 Å². The quantitative estimate of drug-likeness (QED) is 0.616. The average Bonchev–Trinajstić information content (AvgIpc) is 3.18. The Bertz CT molecular complexity index is 1060. The van der Waals surface area contributed by atoms with Crippen LogP contribution in [-0.4, -0.2) is 54.0 Å². The molecule has 0 aliphatic carbocycles. The number of sulfonamides is 1. The summed E-state index contributed by atoms with van der Waals surface area (Å²) in [6.07, 6.45) is 2.89. The van der Waals surface area contributed by atoms with Crippen LogP contribution in [0, 0.1) is 0 Å². The van der Waals surface area contributed by atoms with Crippen molar-refractivity contribution in [1.29, 1.82) is 0 Å². The van der Waals surface area contributed by atoms with E-state index in [1.807, 2.05) is 4.90 Å². The van der Waals surface area contributed by atoms with E-state index >= 15 is 0 Å². The summed E-state index contributed by atoms with van der Waals surface area (Å²) >= 11 is 12.0. The molecule has 1 fully saturated rings. The van der Waals surface area contributed by atoms with Gasteiger partial charge in [-0.2, -0.15) is 9.29 Å². The Hall–Kier alpha value is -2.20. The molecule has 28 heavy (non-hydrogen) atoms. The zero-order chi connectivity index (χ0) is 19.7. The molecule has 11 heteroatoms. The van der Waals surface area contributed by atoms with Gasteiger partial charge >= 0.3 is 6.01 Å². The third kappa shape index (κ3) is 3.83. The second kappa shape index (κ2) is 7.67. The lowest BCUT2D eigenvalue weighted by Gasteiger charge is -2.32. The van der Waals surface area contributed by atoms with E-state index in [2.05, 4.69) is 15.1 Å². The number of benzene rings is 1. The predicted molar refractivity (Wildman–Crippen MR) is 105 cm³/mol. The predicted octanol–water partition coefficient (Wildman–Crippen LogP) is 2.95. The highest BCUT2D eigenvalue weighted by atomic mass is 35.5. The fraction of sp³-hybridized carbons (Fsp3) is 0.235. The fourth-order valence-electron chi connectivity index (χ4n) is 2.91. The molecular weight excluding hydrogens is 425 g/mol. The maximum Gasteiger partial charge on any atom is 0.324 e. The summed E-state index contributed by atoms with van der Waals surface area (Å²) < 4.78 is 32.1. The van der Waals surface area contributed by atoms with Gasteiger partial charge in [0.1, 0.15) is 4.90 Å². The number of hydrogen-bond donors (Lipinski definition) is 0. The minimum atomic E-state index is -3.57. The highest BCUT2D eigenvalue weighted by Crippen LogP contribution is 2.27. The van der Waals surface area contributed by atoms with Crippen LogP contribution in [0.2, 0.25) is 10.0 Å². The molecule has 0 saturated carbocycles. The number of halogens is 2. The van der Waals surface area contributed by atoms with Gasteiger partial charge in [-0.05, 0) is 30.3 Å². The number of piperazine rings is 1. The van der Waals surface area contributed by atoms with Crippen molar-refractivity contribution in [1.82, 2.24) is 19.4 Å². The highest BCUT2D eigenvalue weighted by molar-refractivity contribution is 7.89. The van der Waals surface area contributed by atoms with Crippen LogP contribution < -0.4 is 4.90 Å². The smallest absolute Gasteiger partial charge is 0.322 e. The zero-order valence-electron chi connectivity index (χ0n) is 14.5. The molecule has 8 nitrogen and oxygen atoms in total. The van der Waals surface area contributed by atoms with Crippen molar-refractivity contribution < 1.29 is 12.9 Å². The Labute approximate surface area is 171 Å². The van der Waals surface area contributed by atoms with Gasteiger partial charge in [0.2, 0.25) is 15.8 Å². The topological polar surface area (TPSA) is 92.4 Å².